The van der Waals surface area contributed by atoms with Gasteiger partial charge in [-0.2, -0.15) is 0 Å². The predicted octanol–water partition coefficient (Wildman–Crippen LogP) is 3.51. The van der Waals surface area contributed by atoms with Crippen molar-refractivity contribution in [2.45, 2.75) is 46.1 Å². The fourth-order valence-electron chi connectivity index (χ4n) is 2.59. The first-order valence-corrected chi connectivity index (χ1v) is 7.73. The van der Waals surface area contributed by atoms with E-state index in [0.29, 0.717) is 0 Å². The third kappa shape index (κ3) is 3.75. The van der Waals surface area contributed by atoms with E-state index in [1.165, 1.54) is 43.6 Å². The molecule has 0 aliphatic carbocycles. The number of carbonyl (C=O) groups excluding carboxylic acids is 1. The zero-order chi connectivity index (χ0) is 14.5. The summed E-state index contributed by atoms with van der Waals surface area (Å²) in [5, 5.41) is 3.04. The molecular weight excluding hydrogens is 248 g/mol. The van der Waals surface area contributed by atoms with Crippen LogP contribution in [0.1, 0.15) is 51.6 Å². The number of hydrogen-bond donors (Lipinski definition) is 1. The third-order valence-electron chi connectivity index (χ3n) is 4.00. The molecule has 0 radical (unpaired) electrons. The second-order valence-electron chi connectivity index (χ2n) is 6.02. The highest BCUT2D eigenvalue weighted by Gasteiger charge is 2.14. The van der Waals surface area contributed by atoms with Gasteiger partial charge in [0.25, 0.3) is 0 Å². The molecule has 0 aromatic heterocycles. The van der Waals surface area contributed by atoms with E-state index in [1.54, 1.807) is 0 Å². The average molecular weight is 274 g/mol. The summed E-state index contributed by atoms with van der Waals surface area (Å²) in [6.07, 6.45) is 3.94. The van der Waals surface area contributed by atoms with Gasteiger partial charge in [0.15, 0.2) is 0 Å². The topological polar surface area (TPSA) is 32.3 Å². The summed E-state index contributed by atoms with van der Waals surface area (Å²) in [5.41, 5.74) is 2.47. The van der Waals surface area contributed by atoms with Crippen LogP contribution < -0.4 is 10.2 Å². The van der Waals surface area contributed by atoms with Crippen LogP contribution in [0.5, 0.6) is 0 Å². The van der Waals surface area contributed by atoms with E-state index in [4.69, 9.17) is 0 Å². The van der Waals surface area contributed by atoms with Crippen molar-refractivity contribution in [3.63, 3.8) is 0 Å². The fraction of sp³-hybridized carbons (Fsp3) is 0.588. The SMILES string of the molecule is CC(C)C(=O)N[C@H](C)c1ccc(N2CCCCC2)cc1. The van der Waals surface area contributed by atoms with E-state index in [0.717, 1.165) is 0 Å². The van der Waals surface area contributed by atoms with Gasteiger partial charge in [0, 0.05) is 24.7 Å². The van der Waals surface area contributed by atoms with Gasteiger partial charge in [-0.25, -0.2) is 0 Å². The summed E-state index contributed by atoms with van der Waals surface area (Å²) < 4.78 is 0. The first-order valence-electron chi connectivity index (χ1n) is 7.73. The summed E-state index contributed by atoms with van der Waals surface area (Å²) in [4.78, 5) is 14.2. The Kier molecular flexibility index (Phi) is 5.05. The Morgan fingerprint density at radius 3 is 2.20 bits per heavy atom. The molecule has 0 saturated carbocycles. The molecule has 1 amide bonds. The maximum atomic E-state index is 11.7. The Morgan fingerprint density at radius 1 is 1.05 bits per heavy atom. The zero-order valence-electron chi connectivity index (χ0n) is 12.9. The van der Waals surface area contributed by atoms with Crippen molar-refractivity contribution in [3.8, 4) is 0 Å². The van der Waals surface area contributed by atoms with Gasteiger partial charge in [0.05, 0.1) is 6.04 Å². The molecule has 3 nitrogen and oxygen atoms in total. The van der Waals surface area contributed by atoms with E-state index in [1.807, 2.05) is 20.8 Å². The Balaban J connectivity index is 1.98. The number of amides is 1. The highest BCUT2D eigenvalue weighted by atomic mass is 16.1. The minimum atomic E-state index is 0.0325. The van der Waals surface area contributed by atoms with E-state index >= 15 is 0 Å². The fourth-order valence-corrected chi connectivity index (χ4v) is 2.59. The lowest BCUT2D eigenvalue weighted by Crippen LogP contribution is -2.30. The van der Waals surface area contributed by atoms with Crippen LogP contribution in [0.2, 0.25) is 0 Å². The lowest BCUT2D eigenvalue weighted by Gasteiger charge is -2.29. The molecule has 3 heteroatoms. The van der Waals surface area contributed by atoms with Crippen molar-refractivity contribution in [1.29, 1.82) is 0 Å². The predicted molar refractivity (Wildman–Crippen MR) is 83.9 cm³/mol. The highest BCUT2D eigenvalue weighted by Crippen LogP contribution is 2.22. The lowest BCUT2D eigenvalue weighted by molar-refractivity contribution is -0.124. The largest absolute Gasteiger partial charge is 0.372 e. The van der Waals surface area contributed by atoms with Crippen molar-refractivity contribution in [1.82, 2.24) is 5.32 Å². The van der Waals surface area contributed by atoms with Crippen LogP contribution in [0.4, 0.5) is 5.69 Å². The van der Waals surface area contributed by atoms with Crippen LogP contribution in [0.25, 0.3) is 0 Å². The second-order valence-corrected chi connectivity index (χ2v) is 6.02. The number of nitrogens with zero attached hydrogens (tertiary/aromatic N) is 1. The van der Waals surface area contributed by atoms with Crippen LogP contribution in [-0.2, 0) is 4.79 Å². The number of benzene rings is 1. The van der Waals surface area contributed by atoms with E-state index in [2.05, 4.69) is 34.5 Å². The Bertz CT molecular complexity index is 433. The van der Waals surface area contributed by atoms with Gasteiger partial charge in [0.2, 0.25) is 5.91 Å². The molecule has 1 fully saturated rings. The van der Waals surface area contributed by atoms with Crippen molar-refractivity contribution in [2.24, 2.45) is 5.92 Å². The Labute approximate surface area is 122 Å². The quantitative estimate of drug-likeness (QED) is 0.911. The van der Waals surface area contributed by atoms with Gasteiger partial charge in [-0.3, -0.25) is 4.79 Å². The van der Waals surface area contributed by atoms with Gasteiger partial charge in [-0.1, -0.05) is 26.0 Å². The number of hydrogen-bond acceptors (Lipinski definition) is 2. The van der Waals surface area contributed by atoms with Crippen molar-refractivity contribution >= 4 is 11.6 Å². The zero-order valence-corrected chi connectivity index (χ0v) is 12.9. The molecule has 0 bridgehead atoms. The summed E-state index contributed by atoms with van der Waals surface area (Å²) in [5.74, 6) is 0.141. The molecule has 2 rings (SSSR count). The van der Waals surface area contributed by atoms with Crippen LogP contribution in [0.3, 0.4) is 0 Å². The molecule has 1 heterocycles. The van der Waals surface area contributed by atoms with E-state index < -0.39 is 0 Å². The van der Waals surface area contributed by atoms with E-state index in [9.17, 15) is 4.79 Å². The molecule has 1 aliphatic rings. The third-order valence-corrected chi connectivity index (χ3v) is 4.00. The molecule has 1 aromatic rings. The Morgan fingerprint density at radius 2 is 1.65 bits per heavy atom. The molecule has 1 aliphatic heterocycles. The molecule has 1 N–H and O–H groups in total. The summed E-state index contributed by atoms with van der Waals surface area (Å²) in [7, 11) is 0. The summed E-state index contributed by atoms with van der Waals surface area (Å²) >= 11 is 0. The molecule has 0 spiro atoms. The van der Waals surface area contributed by atoms with Gasteiger partial charge < -0.3 is 10.2 Å². The monoisotopic (exact) mass is 274 g/mol. The average Bonchev–Trinajstić information content (AvgIpc) is 2.48. The molecular formula is C17H26N2O. The summed E-state index contributed by atoms with van der Waals surface area (Å²) in [6, 6.07) is 8.70. The van der Waals surface area contributed by atoms with Crippen LogP contribution in [0.15, 0.2) is 24.3 Å². The first kappa shape index (κ1) is 14.9. The van der Waals surface area contributed by atoms with Crippen LogP contribution >= 0.6 is 0 Å². The van der Waals surface area contributed by atoms with Crippen molar-refractivity contribution < 1.29 is 4.79 Å². The maximum Gasteiger partial charge on any atom is 0.223 e. The van der Waals surface area contributed by atoms with Crippen LogP contribution in [-0.4, -0.2) is 19.0 Å². The van der Waals surface area contributed by atoms with Crippen LogP contribution in [0, 0.1) is 5.92 Å². The molecule has 20 heavy (non-hydrogen) atoms. The number of nitrogens with one attached hydrogen (secondary N) is 1. The van der Waals surface area contributed by atoms with Gasteiger partial charge >= 0.3 is 0 Å². The van der Waals surface area contributed by atoms with Gasteiger partial charge in [0.1, 0.15) is 0 Å². The standard InChI is InChI=1S/C17H26N2O/c1-13(2)17(20)18-14(3)15-7-9-16(10-8-15)19-11-5-4-6-12-19/h7-10,13-14H,4-6,11-12H2,1-3H3,(H,18,20)/t14-/m1/s1. The minimum absolute atomic E-state index is 0.0325. The lowest BCUT2D eigenvalue weighted by atomic mass is 10.1. The van der Waals surface area contributed by atoms with Crippen molar-refractivity contribution in [3.05, 3.63) is 29.8 Å². The number of anilines is 1. The molecule has 1 atom stereocenters. The maximum absolute atomic E-state index is 11.7. The number of carbonyl (C=O) groups is 1. The van der Waals surface area contributed by atoms with E-state index in [-0.39, 0.29) is 17.9 Å². The van der Waals surface area contributed by atoms with Crippen molar-refractivity contribution in [2.75, 3.05) is 18.0 Å². The smallest absolute Gasteiger partial charge is 0.223 e. The van der Waals surface area contributed by atoms with Gasteiger partial charge in [-0.05, 0) is 43.9 Å². The molecule has 1 aromatic carbocycles. The first-order chi connectivity index (χ1) is 9.58. The Hall–Kier alpha value is -1.51. The number of rotatable bonds is 4. The summed E-state index contributed by atoms with van der Waals surface area (Å²) in [6.45, 7) is 8.21. The number of piperidine rings is 1. The molecule has 0 unspecified atom stereocenters. The normalized spacial score (nSPS) is 17.1. The minimum Gasteiger partial charge on any atom is -0.372 e. The molecule has 1 saturated heterocycles. The second kappa shape index (κ2) is 6.78. The highest BCUT2D eigenvalue weighted by molar-refractivity contribution is 5.78. The van der Waals surface area contributed by atoms with Gasteiger partial charge in [-0.15, -0.1) is 0 Å². The molecule has 110 valence electrons.